The third-order valence-corrected chi connectivity index (χ3v) is 12.3. The predicted molar refractivity (Wildman–Crippen MR) is 167 cm³/mol. The summed E-state index contributed by atoms with van der Waals surface area (Å²) < 4.78 is 11.4. The molecule has 5 rings (SSSR count). The minimum Gasteiger partial charge on any atom is -0.504 e. The molecule has 8 N–H and O–H groups in total. The Kier molecular flexibility index (Phi) is 8.82. The van der Waals surface area contributed by atoms with Gasteiger partial charge in [0.15, 0.2) is 11.5 Å². The quantitative estimate of drug-likeness (QED) is 0.200. The number of ether oxygens (including phenoxy) is 2. The highest BCUT2D eigenvalue weighted by molar-refractivity contribution is 5.93. The fourth-order valence-corrected chi connectivity index (χ4v) is 9.80. The number of Topliss-reactive ketones (excluding diaryl/α,β-unsaturated/α-hetero) is 1. The average molecular weight is 649 g/mol. The van der Waals surface area contributed by atoms with Gasteiger partial charge in [-0.05, 0) is 99.8 Å². The van der Waals surface area contributed by atoms with E-state index in [1.54, 1.807) is 45.9 Å². The zero-order valence-electron chi connectivity index (χ0n) is 27.9. The lowest BCUT2D eigenvalue weighted by molar-refractivity contribution is -0.277. The minimum absolute atomic E-state index is 0.0516. The highest BCUT2D eigenvalue weighted by Crippen LogP contribution is 2.72. The minimum atomic E-state index is -1.68. The SMILES string of the molecule is Cc1c(O)c(O[C@@H]2O[C@H](CO)[C@@H](O)[C@H](O)[C@H]2O)cc2c1CC[C@@H]1[C@@]2(C)C(=O)C[C@]2(C)[C@@H]([C@@](C)(O)C/C=C/C(C)(C)O)[C@H](O)C[C@@]12C. The van der Waals surface area contributed by atoms with Crippen molar-refractivity contribution in [2.75, 3.05) is 6.61 Å². The number of phenols is 1. The van der Waals surface area contributed by atoms with Crippen molar-refractivity contribution in [1.82, 2.24) is 0 Å². The van der Waals surface area contributed by atoms with E-state index in [4.69, 9.17) is 9.47 Å². The van der Waals surface area contributed by atoms with Gasteiger partial charge in [0, 0.05) is 12.3 Å². The molecule has 0 aromatic heterocycles. The van der Waals surface area contributed by atoms with Crippen LogP contribution in [0.25, 0.3) is 0 Å². The standard InChI is InChI=1S/C35H52O11/c1-17-18-9-10-23-32(4)14-20(37)29(34(6,44)12-8-11-31(2,3)43)33(32,5)15-24(38)35(23,7)19(18)13-21(25(17)39)45-30-28(42)27(41)26(40)22(16-36)46-30/h8,11,13,20,22-23,26-30,36-37,39-44H,9-10,12,14-16H2,1-7H3/b11-8+/t20-,22-,23+,26-,27+,28-,29+,30-,32+,33-,34+,35+/m1/s1. The van der Waals surface area contributed by atoms with Gasteiger partial charge in [-0.25, -0.2) is 0 Å². The monoisotopic (exact) mass is 648 g/mol. The fourth-order valence-electron chi connectivity index (χ4n) is 9.80. The number of hydrogen-bond donors (Lipinski definition) is 8. The van der Waals surface area contributed by atoms with Crippen molar-refractivity contribution in [2.45, 2.75) is 134 Å². The van der Waals surface area contributed by atoms with E-state index in [1.165, 1.54) is 0 Å². The number of rotatable bonds is 7. The van der Waals surface area contributed by atoms with Gasteiger partial charge in [-0.3, -0.25) is 4.79 Å². The largest absolute Gasteiger partial charge is 0.504 e. The summed E-state index contributed by atoms with van der Waals surface area (Å²) in [5.41, 5.74) is -2.77. The summed E-state index contributed by atoms with van der Waals surface area (Å²) in [6.45, 7) is 12.1. The van der Waals surface area contributed by atoms with E-state index in [1.807, 2.05) is 13.8 Å². The molecule has 11 heteroatoms. The van der Waals surface area contributed by atoms with Crippen LogP contribution >= 0.6 is 0 Å². The molecule has 1 heterocycles. The predicted octanol–water partition coefficient (Wildman–Crippen LogP) is 1.53. The lowest BCUT2D eigenvalue weighted by Gasteiger charge is -2.61. The van der Waals surface area contributed by atoms with E-state index in [-0.39, 0.29) is 36.0 Å². The molecule has 12 atom stereocenters. The maximum absolute atomic E-state index is 14.6. The van der Waals surface area contributed by atoms with Crippen LogP contribution in [0.3, 0.4) is 0 Å². The van der Waals surface area contributed by atoms with Gasteiger partial charge in [0.05, 0.1) is 29.3 Å². The Labute approximate surface area is 270 Å². The van der Waals surface area contributed by atoms with Gasteiger partial charge < -0.3 is 50.3 Å². The lowest BCUT2D eigenvalue weighted by atomic mass is 9.41. The number of fused-ring (bicyclic) bond motifs is 5. The first-order chi connectivity index (χ1) is 21.1. The molecule has 3 aliphatic carbocycles. The molecule has 3 fully saturated rings. The van der Waals surface area contributed by atoms with Crippen LogP contribution in [0.4, 0.5) is 0 Å². The topological polar surface area (TPSA) is 197 Å². The number of aliphatic hydroxyl groups excluding tert-OH is 5. The highest BCUT2D eigenvalue weighted by atomic mass is 16.7. The number of benzene rings is 1. The van der Waals surface area contributed by atoms with Crippen molar-refractivity contribution in [2.24, 2.45) is 22.7 Å². The number of aliphatic hydroxyl groups is 7. The molecule has 0 radical (unpaired) electrons. The molecule has 1 aromatic carbocycles. The molecule has 0 unspecified atom stereocenters. The molecular weight excluding hydrogens is 596 g/mol. The summed E-state index contributed by atoms with van der Waals surface area (Å²) in [4.78, 5) is 14.6. The zero-order valence-corrected chi connectivity index (χ0v) is 27.9. The zero-order chi connectivity index (χ0) is 34.4. The third-order valence-electron chi connectivity index (χ3n) is 12.3. The maximum Gasteiger partial charge on any atom is 0.229 e. The third kappa shape index (κ3) is 5.22. The molecule has 2 saturated carbocycles. The lowest BCUT2D eigenvalue weighted by Crippen LogP contribution is -2.63. The molecule has 0 bridgehead atoms. The van der Waals surface area contributed by atoms with Gasteiger partial charge in [0.2, 0.25) is 6.29 Å². The van der Waals surface area contributed by atoms with Gasteiger partial charge in [-0.15, -0.1) is 0 Å². The molecule has 0 spiro atoms. The molecule has 46 heavy (non-hydrogen) atoms. The summed E-state index contributed by atoms with van der Waals surface area (Å²) in [6.07, 6.45) is -3.32. The molecule has 258 valence electrons. The van der Waals surface area contributed by atoms with Gasteiger partial charge in [0.25, 0.3) is 0 Å². The van der Waals surface area contributed by atoms with Crippen LogP contribution in [0.15, 0.2) is 18.2 Å². The summed E-state index contributed by atoms with van der Waals surface area (Å²) in [7, 11) is 0. The van der Waals surface area contributed by atoms with Crippen LogP contribution in [-0.2, 0) is 21.4 Å². The fraction of sp³-hybridized carbons (Fsp3) is 0.743. The van der Waals surface area contributed by atoms with Gasteiger partial charge in [-0.2, -0.15) is 0 Å². The van der Waals surface area contributed by atoms with Crippen LogP contribution in [0.1, 0.15) is 83.9 Å². The first-order valence-electron chi connectivity index (χ1n) is 16.3. The summed E-state index contributed by atoms with van der Waals surface area (Å²) in [5.74, 6) is -1.17. The Morgan fingerprint density at radius 2 is 1.70 bits per heavy atom. The van der Waals surface area contributed by atoms with E-state index in [2.05, 4.69) is 6.92 Å². The van der Waals surface area contributed by atoms with Crippen molar-refractivity contribution in [3.05, 3.63) is 34.9 Å². The van der Waals surface area contributed by atoms with Crippen molar-refractivity contribution in [3.63, 3.8) is 0 Å². The number of carbonyl (C=O) groups is 1. The van der Waals surface area contributed by atoms with Crippen molar-refractivity contribution in [3.8, 4) is 11.5 Å². The van der Waals surface area contributed by atoms with Gasteiger partial charge >= 0.3 is 0 Å². The first-order valence-corrected chi connectivity index (χ1v) is 16.3. The molecule has 1 aromatic rings. The van der Waals surface area contributed by atoms with Crippen LogP contribution < -0.4 is 4.74 Å². The van der Waals surface area contributed by atoms with E-state index in [9.17, 15) is 45.6 Å². The van der Waals surface area contributed by atoms with Gasteiger partial charge in [0.1, 0.15) is 30.2 Å². The number of ketones is 1. The van der Waals surface area contributed by atoms with Crippen LogP contribution in [-0.4, -0.2) is 101 Å². The molecule has 11 nitrogen and oxygen atoms in total. The number of phenolic OH excluding ortho intramolecular Hbond substituents is 1. The summed E-state index contributed by atoms with van der Waals surface area (Å²) in [5, 5.41) is 85.5. The van der Waals surface area contributed by atoms with Crippen LogP contribution in [0.5, 0.6) is 11.5 Å². The maximum atomic E-state index is 14.6. The van der Waals surface area contributed by atoms with Crippen LogP contribution in [0.2, 0.25) is 0 Å². The summed E-state index contributed by atoms with van der Waals surface area (Å²) >= 11 is 0. The van der Waals surface area contributed by atoms with Crippen LogP contribution in [0, 0.1) is 29.6 Å². The normalized spacial score (nSPS) is 42.3. The molecule has 1 aliphatic heterocycles. The Morgan fingerprint density at radius 3 is 2.30 bits per heavy atom. The Balaban J connectivity index is 1.53. The second-order valence-electron chi connectivity index (χ2n) is 15.8. The van der Waals surface area contributed by atoms with Crippen molar-refractivity contribution >= 4 is 5.78 Å². The molecule has 4 aliphatic rings. The van der Waals surface area contributed by atoms with E-state index >= 15 is 0 Å². The van der Waals surface area contributed by atoms with E-state index in [0.717, 1.165) is 5.56 Å². The smallest absolute Gasteiger partial charge is 0.229 e. The number of hydrogen-bond acceptors (Lipinski definition) is 11. The summed E-state index contributed by atoms with van der Waals surface area (Å²) in [6, 6.07) is 1.59. The Bertz CT molecular complexity index is 1380. The Morgan fingerprint density at radius 1 is 1.04 bits per heavy atom. The molecular formula is C35H52O11. The van der Waals surface area contributed by atoms with Crippen molar-refractivity contribution in [1.29, 1.82) is 0 Å². The Hall–Kier alpha value is -2.09. The second kappa shape index (κ2) is 11.5. The van der Waals surface area contributed by atoms with Crippen molar-refractivity contribution < 1.29 is 55.1 Å². The highest BCUT2D eigenvalue weighted by Gasteiger charge is 2.72. The number of aromatic hydroxyl groups is 1. The second-order valence-corrected chi connectivity index (χ2v) is 15.8. The van der Waals surface area contributed by atoms with E-state index < -0.39 is 76.8 Å². The molecule has 0 amide bonds. The van der Waals surface area contributed by atoms with Gasteiger partial charge in [-0.1, -0.05) is 26.0 Å². The first kappa shape index (κ1) is 35.2. The number of carbonyl (C=O) groups excluding carboxylic acids is 1. The molecule has 1 saturated heterocycles. The van der Waals surface area contributed by atoms with E-state index in [0.29, 0.717) is 30.4 Å². The average Bonchev–Trinajstić information content (AvgIpc) is 3.16.